The molecular formula is C17H19N3O6. The van der Waals surface area contributed by atoms with E-state index in [0.29, 0.717) is 19.5 Å². The molecule has 2 aliphatic heterocycles. The maximum absolute atomic E-state index is 12.4. The van der Waals surface area contributed by atoms with Gasteiger partial charge in [-0.25, -0.2) is 0 Å². The fourth-order valence-corrected chi connectivity index (χ4v) is 3.29. The van der Waals surface area contributed by atoms with Gasteiger partial charge in [-0.15, -0.1) is 0 Å². The summed E-state index contributed by atoms with van der Waals surface area (Å²) >= 11 is 0. The zero-order valence-corrected chi connectivity index (χ0v) is 14.3. The predicted octanol–water partition coefficient (Wildman–Crippen LogP) is 1.22. The summed E-state index contributed by atoms with van der Waals surface area (Å²) in [4.78, 5) is 49.9. The lowest BCUT2D eigenvalue weighted by atomic mass is 10.1. The van der Waals surface area contributed by atoms with Crippen LogP contribution in [0.4, 0.5) is 5.69 Å². The fraction of sp³-hybridized carbons (Fsp3) is 0.471. The van der Waals surface area contributed by atoms with Gasteiger partial charge in [0.2, 0.25) is 5.91 Å². The number of carbonyl (C=O) groups excluding carboxylic acids is 3. The monoisotopic (exact) mass is 361 g/mol. The van der Waals surface area contributed by atoms with E-state index >= 15 is 0 Å². The van der Waals surface area contributed by atoms with Crippen molar-refractivity contribution in [1.82, 2.24) is 9.80 Å². The standard InChI is InChI=1S/C17H19N3O6/c1-26-12-6-8-18(10-12)15(21)3-2-7-19-16(22)13-5-4-11(20(24)25)9-14(13)17(19)23/h4-5,9,12H,2-3,6-8,10H2,1H3. The number of nitro groups is 1. The summed E-state index contributed by atoms with van der Waals surface area (Å²) in [5, 5.41) is 10.8. The van der Waals surface area contributed by atoms with E-state index in [4.69, 9.17) is 4.74 Å². The number of methoxy groups -OCH3 is 1. The first-order chi connectivity index (χ1) is 12.4. The van der Waals surface area contributed by atoms with E-state index in [2.05, 4.69) is 0 Å². The Morgan fingerprint density at radius 3 is 2.69 bits per heavy atom. The van der Waals surface area contributed by atoms with Gasteiger partial charge in [-0.2, -0.15) is 0 Å². The lowest BCUT2D eigenvalue weighted by Crippen LogP contribution is -2.33. The summed E-state index contributed by atoms with van der Waals surface area (Å²) in [5.41, 5.74) is -0.0314. The minimum Gasteiger partial charge on any atom is -0.380 e. The second-order valence-electron chi connectivity index (χ2n) is 6.34. The maximum atomic E-state index is 12.4. The molecule has 0 radical (unpaired) electrons. The Labute approximate surface area is 149 Å². The summed E-state index contributed by atoms with van der Waals surface area (Å²) in [6.45, 7) is 1.31. The Morgan fingerprint density at radius 1 is 1.31 bits per heavy atom. The molecule has 1 saturated heterocycles. The normalized spacial score (nSPS) is 19.2. The largest absolute Gasteiger partial charge is 0.380 e. The van der Waals surface area contributed by atoms with Crippen molar-refractivity contribution in [1.29, 1.82) is 0 Å². The van der Waals surface area contributed by atoms with E-state index in [1.54, 1.807) is 12.0 Å². The van der Waals surface area contributed by atoms with Gasteiger partial charge in [0.05, 0.1) is 22.2 Å². The number of carbonyl (C=O) groups is 3. The van der Waals surface area contributed by atoms with Crippen LogP contribution in [-0.4, -0.2) is 65.3 Å². The highest BCUT2D eigenvalue weighted by Crippen LogP contribution is 2.27. The molecule has 1 atom stereocenters. The van der Waals surface area contributed by atoms with Gasteiger partial charge in [0.1, 0.15) is 0 Å². The second kappa shape index (κ2) is 7.20. The van der Waals surface area contributed by atoms with Gasteiger partial charge in [-0.3, -0.25) is 29.4 Å². The first-order valence-corrected chi connectivity index (χ1v) is 8.37. The van der Waals surface area contributed by atoms with Crippen LogP contribution in [0.25, 0.3) is 0 Å². The third-order valence-electron chi connectivity index (χ3n) is 4.77. The van der Waals surface area contributed by atoms with Gasteiger partial charge in [-0.1, -0.05) is 0 Å². The van der Waals surface area contributed by atoms with E-state index in [9.17, 15) is 24.5 Å². The molecule has 138 valence electrons. The molecule has 26 heavy (non-hydrogen) atoms. The Balaban J connectivity index is 1.57. The molecular weight excluding hydrogens is 342 g/mol. The molecule has 9 heteroatoms. The van der Waals surface area contributed by atoms with Crippen molar-refractivity contribution < 1.29 is 24.0 Å². The Hall–Kier alpha value is -2.81. The number of non-ortho nitro benzene ring substituents is 1. The topological polar surface area (TPSA) is 110 Å². The van der Waals surface area contributed by atoms with Crippen LogP contribution >= 0.6 is 0 Å². The molecule has 3 rings (SSSR count). The van der Waals surface area contributed by atoms with Crippen LogP contribution in [-0.2, 0) is 9.53 Å². The van der Waals surface area contributed by atoms with Crippen molar-refractivity contribution in [3.05, 3.63) is 39.4 Å². The first kappa shape index (κ1) is 18.0. The average Bonchev–Trinajstić information content (AvgIpc) is 3.20. The van der Waals surface area contributed by atoms with Gasteiger partial charge < -0.3 is 9.64 Å². The third-order valence-corrected chi connectivity index (χ3v) is 4.77. The lowest BCUT2D eigenvalue weighted by molar-refractivity contribution is -0.384. The Bertz CT molecular complexity index is 778. The number of nitrogens with zero attached hydrogens (tertiary/aromatic N) is 3. The Morgan fingerprint density at radius 2 is 2.04 bits per heavy atom. The van der Waals surface area contributed by atoms with Crippen molar-refractivity contribution in [3.63, 3.8) is 0 Å². The molecule has 3 amide bonds. The number of benzene rings is 1. The fourth-order valence-electron chi connectivity index (χ4n) is 3.29. The number of likely N-dealkylation sites (tertiary alicyclic amines) is 1. The molecule has 1 aromatic carbocycles. The van der Waals surface area contributed by atoms with Crippen LogP contribution in [0.5, 0.6) is 0 Å². The number of ether oxygens (including phenoxy) is 1. The zero-order valence-electron chi connectivity index (χ0n) is 14.3. The van der Waals surface area contributed by atoms with Gasteiger partial charge in [-0.05, 0) is 18.9 Å². The average molecular weight is 361 g/mol. The van der Waals surface area contributed by atoms with Crippen LogP contribution in [0.1, 0.15) is 40.0 Å². The predicted molar refractivity (Wildman–Crippen MR) is 89.7 cm³/mol. The number of fused-ring (bicyclic) bond motifs is 1. The minimum absolute atomic E-state index is 0.0307. The molecule has 0 aromatic heterocycles. The highest BCUT2D eigenvalue weighted by molar-refractivity contribution is 6.21. The summed E-state index contributed by atoms with van der Waals surface area (Å²) in [5.74, 6) is -1.06. The maximum Gasteiger partial charge on any atom is 0.270 e. The molecule has 1 fully saturated rings. The molecule has 2 aliphatic rings. The van der Waals surface area contributed by atoms with Gasteiger partial charge in [0, 0.05) is 45.3 Å². The highest BCUT2D eigenvalue weighted by atomic mass is 16.6. The van der Waals surface area contributed by atoms with E-state index in [0.717, 1.165) is 17.4 Å². The van der Waals surface area contributed by atoms with Gasteiger partial charge in [0.15, 0.2) is 0 Å². The SMILES string of the molecule is COC1CCN(C(=O)CCCN2C(=O)c3ccc([N+](=O)[O-])cc3C2=O)C1. The Kier molecular flexibility index (Phi) is 4.99. The van der Waals surface area contributed by atoms with Crippen molar-refractivity contribution in [2.75, 3.05) is 26.7 Å². The van der Waals surface area contributed by atoms with Crippen molar-refractivity contribution in [2.24, 2.45) is 0 Å². The lowest BCUT2D eigenvalue weighted by Gasteiger charge is -2.17. The highest BCUT2D eigenvalue weighted by Gasteiger charge is 2.36. The molecule has 1 aromatic rings. The van der Waals surface area contributed by atoms with Crippen molar-refractivity contribution in [2.45, 2.75) is 25.4 Å². The van der Waals surface area contributed by atoms with Crippen LogP contribution in [0.15, 0.2) is 18.2 Å². The summed E-state index contributed by atoms with van der Waals surface area (Å²) in [7, 11) is 1.62. The number of rotatable bonds is 6. The number of hydrogen-bond donors (Lipinski definition) is 0. The summed E-state index contributed by atoms with van der Waals surface area (Å²) < 4.78 is 5.23. The van der Waals surface area contributed by atoms with Crippen LogP contribution in [0.2, 0.25) is 0 Å². The number of hydrogen-bond acceptors (Lipinski definition) is 6. The van der Waals surface area contributed by atoms with Crippen molar-refractivity contribution >= 4 is 23.4 Å². The quantitative estimate of drug-likeness (QED) is 0.428. The number of nitro benzene ring substituents is 1. The van der Waals surface area contributed by atoms with Gasteiger partial charge >= 0.3 is 0 Å². The third kappa shape index (κ3) is 3.30. The molecule has 2 heterocycles. The van der Waals surface area contributed by atoms with Crippen LogP contribution in [0, 0.1) is 10.1 Å². The van der Waals surface area contributed by atoms with E-state index in [1.807, 2.05) is 0 Å². The molecule has 0 saturated carbocycles. The molecule has 0 bridgehead atoms. The number of amides is 3. The number of imide groups is 1. The van der Waals surface area contributed by atoms with Crippen LogP contribution < -0.4 is 0 Å². The minimum atomic E-state index is -0.608. The van der Waals surface area contributed by atoms with Crippen LogP contribution in [0.3, 0.4) is 0 Å². The summed E-state index contributed by atoms with van der Waals surface area (Å²) in [6.07, 6.45) is 1.44. The molecule has 9 nitrogen and oxygen atoms in total. The molecule has 1 unspecified atom stereocenters. The molecule has 0 spiro atoms. The molecule has 0 N–H and O–H groups in total. The second-order valence-corrected chi connectivity index (χ2v) is 6.34. The van der Waals surface area contributed by atoms with E-state index in [1.165, 1.54) is 12.1 Å². The zero-order chi connectivity index (χ0) is 18.8. The smallest absolute Gasteiger partial charge is 0.270 e. The van der Waals surface area contributed by atoms with Gasteiger partial charge in [0.25, 0.3) is 17.5 Å². The first-order valence-electron chi connectivity index (χ1n) is 8.37. The van der Waals surface area contributed by atoms with Crippen molar-refractivity contribution in [3.8, 4) is 0 Å². The summed E-state index contributed by atoms with van der Waals surface area (Å²) in [6, 6.07) is 3.63. The van der Waals surface area contributed by atoms with E-state index in [-0.39, 0.29) is 41.8 Å². The van der Waals surface area contributed by atoms with E-state index < -0.39 is 16.7 Å². The molecule has 0 aliphatic carbocycles.